The second-order valence-electron chi connectivity index (χ2n) is 9.62. The average molecular weight is 373 g/mol. The van der Waals surface area contributed by atoms with Crippen LogP contribution in [0.3, 0.4) is 0 Å². The van der Waals surface area contributed by atoms with Gasteiger partial charge in [0.15, 0.2) is 6.19 Å². The van der Waals surface area contributed by atoms with Crippen molar-refractivity contribution in [2.24, 2.45) is 33.9 Å². The van der Waals surface area contributed by atoms with Crippen molar-refractivity contribution in [2.45, 2.75) is 57.5 Å². The molecule has 1 heterocycles. The van der Waals surface area contributed by atoms with Crippen LogP contribution in [0.2, 0.25) is 0 Å². The third-order valence-corrected chi connectivity index (χ3v) is 7.69. The fourth-order valence-corrected chi connectivity index (χ4v) is 6.43. The normalized spacial score (nSPS) is 39.2. The van der Waals surface area contributed by atoms with Crippen LogP contribution in [-0.4, -0.2) is 54.4 Å². The highest BCUT2D eigenvalue weighted by Crippen LogP contribution is 2.60. The smallest absolute Gasteiger partial charge is 0.223 e. The molecule has 5 rings (SSSR count). The van der Waals surface area contributed by atoms with E-state index in [0.29, 0.717) is 17.8 Å². The Kier molecular flexibility index (Phi) is 4.68. The average Bonchev–Trinajstić information content (AvgIpc) is 2.63. The predicted octanol–water partition coefficient (Wildman–Crippen LogP) is 0.820. The molecule has 7 nitrogen and oxygen atoms in total. The van der Waals surface area contributed by atoms with Gasteiger partial charge in [-0.1, -0.05) is 0 Å². The number of nitrogens with one attached hydrogen (secondary N) is 2. The van der Waals surface area contributed by atoms with Crippen LogP contribution in [0, 0.1) is 34.6 Å². The van der Waals surface area contributed by atoms with Gasteiger partial charge in [0, 0.05) is 31.6 Å². The van der Waals surface area contributed by atoms with Gasteiger partial charge in [-0.15, -0.1) is 0 Å². The summed E-state index contributed by atoms with van der Waals surface area (Å²) in [6.45, 7) is 8.12. The molecule has 1 amide bonds. The number of aliphatic imine (C=N–C) groups is 1. The van der Waals surface area contributed by atoms with E-state index in [2.05, 4.69) is 35.6 Å². The summed E-state index contributed by atoms with van der Waals surface area (Å²) in [5.41, 5.74) is 5.21. The molecule has 4 N–H and O–H groups in total. The molecular weight excluding hydrogens is 340 g/mol. The van der Waals surface area contributed by atoms with Crippen molar-refractivity contribution in [1.82, 2.24) is 15.5 Å². The molecule has 27 heavy (non-hydrogen) atoms. The molecule has 4 aliphatic carbocycles. The number of piperazine rings is 1. The first kappa shape index (κ1) is 18.7. The Morgan fingerprint density at radius 3 is 2.44 bits per heavy atom. The molecule has 0 aromatic carbocycles. The van der Waals surface area contributed by atoms with Crippen LogP contribution in [0.4, 0.5) is 0 Å². The molecule has 5 fully saturated rings. The number of nitriles is 1. The molecule has 2 unspecified atom stereocenters. The van der Waals surface area contributed by atoms with Crippen molar-refractivity contribution in [3.8, 4) is 6.19 Å². The van der Waals surface area contributed by atoms with Gasteiger partial charge < -0.3 is 11.1 Å². The SMILES string of the molecule is CC(C)(C(=NC1C2CC3CC1CC(C(N)=O)(C3)C2)NC#N)N1CCNCC1. The Labute approximate surface area is 161 Å². The van der Waals surface area contributed by atoms with E-state index in [-0.39, 0.29) is 22.9 Å². The molecule has 4 bridgehead atoms. The van der Waals surface area contributed by atoms with E-state index >= 15 is 0 Å². The predicted molar refractivity (Wildman–Crippen MR) is 104 cm³/mol. The molecule has 1 aliphatic heterocycles. The van der Waals surface area contributed by atoms with Gasteiger partial charge in [0.1, 0.15) is 5.84 Å². The standard InChI is InChI=1S/C20H32N6O/c1-19(2,26-5-3-23-4-6-26)18(24-12-21)25-16-14-7-13-8-15(16)11-20(9-13,10-14)17(22)27/h13-16,23H,3-11H2,1-2H3,(H2,22,27)(H,24,25). The maximum absolute atomic E-state index is 12.2. The maximum Gasteiger partial charge on any atom is 0.223 e. The summed E-state index contributed by atoms with van der Waals surface area (Å²) in [7, 11) is 0. The van der Waals surface area contributed by atoms with Crippen LogP contribution in [0.15, 0.2) is 4.99 Å². The zero-order chi connectivity index (χ0) is 19.2. The van der Waals surface area contributed by atoms with Crippen LogP contribution in [0.1, 0.15) is 46.0 Å². The van der Waals surface area contributed by atoms with Crippen molar-refractivity contribution in [2.75, 3.05) is 26.2 Å². The molecule has 4 saturated carbocycles. The quantitative estimate of drug-likeness (QED) is 0.293. The second kappa shape index (κ2) is 6.75. The Morgan fingerprint density at radius 2 is 1.89 bits per heavy atom. The molecule has 1 saturated heterocycles. The summed E-state index contributed by atoms with van der Waals surface area (Å²) in [6, 6.07) is 0.201. The van der Waals surface area contributed by atoms with Gasteiger partial charge in [-0.3, -0.25) is 20.0 Å². The lowest BCUT2D eigenvalue weighted by atomic mass is 9.48. The molecule has 2 atom stereocenters. The lowest BCUT2D eigenvalue weighted by molar-refractivity contribution is -0.144. The van der Waals surface area contributed by atoms with E-state index in [4.69, 9.17) is 10.7 Å². The lowest BCUT2D eigenvalue weighted by Gasteiger charge is -2.58. The summed E-state index contributed by atoms with van der Waals surface area (Å²) >= 11 is 0. The van der Waals surface area contributed by atoms with Gasteiger partial charge in [-0.2, -0.15) is 5.26 Å². The van der Waals surface area contributed by atoms with Gasteiger partial charge in [0.05, 0.1) is 11.6 Å². The summed E-state index contributed by atoms with van der Waals surface area (Å²) < 4.78 is 0. The summed E-state index contributed by atoms with van der Waals surface area (Å²) in [6.07, 6.45) is 7.13. The largest absolute Gasteiger partial charge is 0.369 e. The molecule has 0 aromatic rings. The number of nitrogens with zero attached hydrogens (tertiary/aromatic N) is 3. The summed E-state index contributed by atoms with van der Waals surface area (Å²) in [5, 5.41) is 15.7. The number of hydrogen-bond donors (Lipinski definition) is 3. The third kappa shape index (κ3) is 3.13. The number of amides is 1. The summed E-state index contributed by atoms with van der Waals surface area (Å²) in [5.74, 6) is 2.12. The Bertz CT molecular complexity index is 658. The molecule has 0 aromatic heterocycles. The fraction of sp³-hybridized carbons (Fsp3) is 0.850. The molecular formula is C20H32N6O. The van der Waals surface area contributed by atoms with Gasteiger partial charge in [0.25, 0.3) is 0 Å². The first-order valence-corrected chi connectivity index (χ1v) is 10.3. The first-order valence-electron chi connectivity index (χ1n) is 10.3. The topological polar surface area (TPSA) is 107 Å². The molecule has 0 spiro atoms. The minimum atomic E-state index is -0.312. The minimum Gasteiger partial charge on any atom is -0.369 e. The van der Waals surface area contributed by atoms with E-state index in [0.717, 1.165) is 64.1 Å². The van der Waals surface area contributed by atoms with Crippen molar-refractivity contribution in [3.63, 3.8) is 0 Å². The zero-order valence-electron chi connectivity index (χ0n) is 16.5. The third-order valence-electron chi connectivity index (χ3n) is 7.69. The number of rotatable bonds is 4. The van der Waals surface area contributed by atoms with E-state index < -0.39 is 0 Å². The maximum atomic E-state index is 12.2. The van der Waals surface area contributed by atoms with E-state index in [9.17, 15) is 10.1 Å². The Morgan fingerprint density at radius 1 is 1.26 bits per heavy atom. The van der Waals surface area contributed by atoms with Crippen LogP contribution in [-0.2, 0) is 4.79 Å². The van der Waals surface area contributed by atoms with Gasteiger partial charge in [-0.25, -0.2) is 0 Å². The summed E-state index contributed by atoms with van der Waals surface area (Å²) in [4.78, 5) is 19.7. The van der Waals surface area contributed by atoms with Gasteiger partial charge >= 0.3 is 0 Å². The Hall–Kier alpha value is -1.65. The van der Waals surface area contributed by atoms with Gasteiger partial charge in [0.2, 0.25) is 5.91 Å². The monoisotopic (exact) mass is 372 g/mol. The number of carbonyl (C=O) groups excluding carboxylic acids is 1. The Balaban J connectivity index is 1.61. The minimum absolute atomic E-state index is 0.110. The second-order valence-corrected chi connectivity index (χ2v) is 9.62. The molecule has 5 aliphatic rings. The van der Waals surface area contributed by atoms with Crippen LogP contribution < -0.4 is 16.4 Å². The van der Waals surface area contributed by atoms with Crippen molar-refractivity contribution >= 4 is 11.7 Å². The molecule has 7 heteroatoms. The highest BCUT2D eigenvalue weighted by atomic mass is 16.1. The number of hydrogen-bond acceptors (Lipinski definition) is 5. The highest BCUT2D eigenvalue weighted by Gasteiger charge is 2.58. The first-order chi connectivity index (χ1) is 12.9. The number of carbonyl (C=O) groups is 1. The van der Waals surface area contributed by atoms with Crippen molar-refractivity contribution in [1.29, 1.82) is 5.26 Å². The van der Waals surface area contributed by atoms with Crippen LogP contribution in [0.5, 0.6) is 0 Å². The van der Waals surface area contributed by atoms with Crippen molar-refractivity contribution < 1.29 is 4.79 Å². The van der Waals surface area contributed by atoms with Crippen molar-refractivity contribution in [3.05, 3.63) is 0 Å². The highest BCUT2D eigenvalue weighted by molar-refractivity contribution is 5.92. The fourth-order valence-electron chi connectivity index (χ4n) is 6.43. The molecule has 148 valence electrons. The van der Waals surface area contributed by atoms with E-state index in [1.54, 1.807) is 0 Å². The number of nitrogens with two attached hydrogens (primary N) is 1. The van der Waals surface area contributed by atoms with E-state index in [1.807, 2.05) is 0 Å². The number of primary amides is 1. The zero-order valence-corrected chi connectivity index (χ0v) is 16.5. The van der Waals surface area contributed by atoms with E-state index in [1.165, 1.54) is 0 Å². The van der Waals surface area contributed by atoms with Gasteiger partial charge in [-0.05, 0) is 63.7 Å². The molecule has 0 radical (unpaired) electrons. The van der Waals surface area contributed by atoms with Crippen LogP contribution >= 0.6 is 0 Å². The number of amidine groups is 1. The lowest BCUT2D eigenvalue weighted by Crippen LogP contribution is -2.61. The van der Waals surface area contributed by atoms with Crippen LogP contribution in [0.25, 0.3) is 0 Å².